The van der Waals surface area contributed by atoms with Crippen LogP contribution in [0.4, 0.5) is 0 Å². The van der Waals surface area contributed by atoms with Gasteiger partial charge in [0.15, 0.2) is 12.1 Å². The molecular formula is C4H10N2O2. The first-order valence-electron chi connectivity index (χ1n) is 2.28. The molecule has 3 N–H and O–H groups in total. The normalized spacial score (nSPS) is 12.9. The molecule has 0 rings (SSSR count). The quantitative estimate of drug-likeness (QED) is 0.212. The Balaban J connectivity index is 3.24. The molecule has 1 atom stereocenters. The lowest BCUT2D eigenvalue weighted by atomic mass is 10.7. The number of hydrogen-bond acceptors (Lipinski definition) is 4. The number of hydroxylamine groups is 1. The van der Waals surface area contributed by atoms with Crippen LogP contribution in [0.5, 0.6) is 0 Å². The summed E-state index contributed by atoms with van der Waals surface area (Å²) in [4.78, 5) is 0. The van der Waals surface area contributed by atoms with Crippen molar-refractivity contribution < 1.29 is 9.94 Å². The first-order valence-corrected chi connectivity index (χ1v) is 2.28. The van der Waals surface area contributed by atoms with E-state index in [1.807, 2.05) is 5.48 Å². The van der Waals surface area contributed by atoms with Crippen molar-refractivity contribution in [1.29, 1.82) is 5.41 Å². The van der Waals surface area contributed by atoms with Crippen LogP contribution in [0, 0.1) is 5.41 Å². The molecule has 1 unspecified atom stereocenters. The van der Waals surface area contributed by atoms with Crippen molar-refractivity contribution in [2.75, 3.05) is 0 Å². The van der Waals surface area contributed by atoms with Crippen LogP contribution in [0.2, 0.25) is 0 Å². The Labute approximate surface area is 47.9 Å². The van der Waals surface area contributed by atoms with Gasteiger partial charge in [0, 0.05) is 6.92 Å². The van der Waals surface area contributed by atoms with Crippen molar-refractivity contribution in [2.45, 2.75) is 20.1 Å². The van der Waals surface area contributed by atoms with Gasteiger partial charge < -0.3 is 9.94 Å². The van der Waals surface area contributed by atoms with Crippen LogP contribution in [0.1, 0.15) is 13.8 Å². The third-order valence-electron chi connectivity index (χ3n) is 0.535. The summed E-state index contributed by atoms with van der Waals surface area (Å²) >= 11 is 0. The summed E-state index contributed by atoms with van der Waals surface area (Å²) in [6.07, 6.45) is -0.493. The molecule has 0 aliphatic carbocycles. The largest absolute Gasteiger partial charge is 0.461 e. The molecule has 0 heterocycles. The Morgan fingerprint density at radius 3 is 2.50 bits per heavy atom. The fourth-order valence-electron chi connectivity index (χ4n) is 0.292. The fourth-order valence-corrected chi connectivity index (χ4v) is 0.292. The minimum atomic E-state index is -0.493. The lowest BCUT2D eigenvalue weighted by Crippen LogP contribution is -2.26. The van der Waals surface area contributed by atoms with Crippen LogP contribution in [0.15, 0.2) is 0 Å². The standard InChI is InChI=1S/C4H10N2O2/c1-3(5)8-4(2)6-7/h4-7H,1-2H3. The second-order valence-corrected chi connectivity index (χ2v) is 1.45. The second kappa shape index (κ2) is 3.40. The molecule has 0 spiro atoms. The van der Waals surface area contributed by atoms with Crippen LogP contribution in [0.3, 0.4) is 0 Å². The molecule has 48 valence electrons. The molecule has 0 saturated carbocycles. The third-order valence-corrected chi connectivity index (χ3v) is 0.535. The van der Waals surface area contributed by atoms with Gasteiger partial charge in [0.25, 0.3) is 0 Å². The van der Waals surface area contributed by atoms with E-state index in [9.17, 15) is 0 Å². The van der Waals surface area contributed by atoms with Gasteiger partial charge in [0.1, 0.15) is 0 Å². The molecule has 8 heavy (non-hydrogen) atoms. The van der Waals surface area contributed by atoms with E-state index < -0.39 is 6.23 Å². The molecule has 0 radical (unpaired) electrons. The second-order valence-electron chi connectivity index (χ2n) is 1.45. The van der Waals surface area contributed by atoms with Gasteiger partial charge in [-0.25, -0.2) is 0 Å². The summed E-state index contributed by atoms with van der Waals surface area (Å²) in [5, 5.41) is 14.9. The first kappa shape index (κ1) is 7.39. The van der Waals surface area contributed by atoms with E-state index in [-0.39, 0.29) is 5.90 Å². The van der Waals surface area contributed by atoms with Crippen LogP contribution < -0.4 is 5.48 Å². The lowest BCUT2D eigenvalue weighted by Gasteiger charge is -2.09. The number of nitrogens with one attached hydrogen (secondary N) is 2. The minimum Gasteiger partial charge on any atom is -0.461 e. The van der Waals surface area contributed by atoms with Gasteiger partial charge in [-0.15, -0.1) is 0 Å². The summed E-state index contributed by atoms with van der Waals surface area (Å²) in [7, 11) is 0. The third kappa shape index (κ3) is 3.58. The van der Waals surface area contributed by atoms with Crippen LogP contribution in [-0.2, 0) is 4.74 Å². The van der Waals surface area contributed by atoms with Gasteiger partial charge in [-0.3, -0.25) is 5.41 Å². The molecule has 0 aromatic carbocycles. The van der Waals surface area contributed by atoms with Crippen molar-refractivity contribution in [3.8, 4) is 0 Å². The summed E-state index contributed by atoms with van der Waals surface area (Å²) in [6, 6.07) is 0. The number of ether oxygens (including phenoxy) is 1. The maximum Gasteiger partial charge on any atom is 0.179 e. The zero-order valence-electron chi connectivity index (χ0n) is 4.93. The average molecular weight is 118 g/mol. The molecule has 0 aliphatic heterocycles. The highest BCUT2D eigenvalue weighted by Crippen LogP contribution is 1.82. The van der Waals surface area contributed by atoms with Crippen LogP contribution in [-0.4, -0.2) is 17.3 Å². The minimum absolute atomic E-state index is 0.0825. The number of hydrogen-bond donors (Lipinski definition) is 3. The Kier molecular flexibility index (Phi) is 3.14. The topological polar surface area (TPSA) is 65.3 Å². The van der Waals surface area contributed by atoms with E-state index in [4.69, 9.17) is 10.6 Å². The molecule has 0 aromatic heterocycles. The van der Waals surface area contributed by atoms with Crippen molar-refractivity contribution in [3.63, 3.8) is 0 Å². The molecule has 4 heteroatoms. The lowest BCUT2D eigenvalue weighted by molar-refractivity contribution is 0.0217. The van der Waals surface area contributed by atoms with Crippen LogP contribution in [0.25, 0.3) is 0 Å². The van der Waals surface area contributed by atoms with Gasteiger partial charge in [-0.1, -0.05) is 0 Å². The van der Waals surface area contributed by atoms with Crippen molar-refractivity contribution >= 4 is 5.90 Å². The van der Waals surface area contributed by atoms with Crippen molar-refractivity contribution in [2.24, 2.45) is 0 Å². The van der Waals surface area contributed by atoms with Gasteiger partial charge in [0.2, 0.25) is 0 Å². The molecule has 0 amide bonds. The molecular weight excluding hydrogens is 108 g/mol. The Morgan fingerprint density at radius 2 is 2.38 bits per heavy atom. The summed E-state index contributed by atoms with van der Waals surface area (Å²) in [6.45, 7) is 3.09. The molecule has 4 nitrogen and oxygen atoms in total. The highest BCUT2D eigenvalue weighted by Gasteiger charge is 1.96. The van der Waals surface area contributed by atoms with Gasteiger partial charge in [0.05, 0.1) is 0 Å². The maximum absolute atomic E-state index is 8.11. The molecule has 0 bridgehead atoms. The van der Waals surface area contributed by atoms with Crippen LogP contribution >= 0.6 is 0 Å². The molecule has 0 aromatic rings. The number of rotatable bonds is 2. The zero-order valence-corrected chi connectivity index (χ0v) is 4.93. The van der Waals surface area contributed by atoms with E-state index in [0.29, 0.717) is 0 Å². The first-order chi connectivity index (χ1) is 3.66. The molecule has 0 fully saturated rings. The van der Waals surface area contributed by atoms with E-state index in [1.54, 1.807) is 6.92 Å². The van der Waals surface area contributed by atoms with Gasteiger partial charge in [-0.05, 0) is 6.92 Å². The summed E-state index contributed by atoms with van der Waals surface area (Å²) in [5.41, 5.74) is 1.83. The highest BCUT2D eigenvalue weighted by molar-refractivity contribution is 5.69. The van der Waals surface area contributed by atoms with E-state index in [1.165, 1.54) is 6.92 Å². The average Bonchev–Trinajstić information content (AvgIpc) is 1.65. The Morgan fingerprint density at radius 1 is 1.88 bits per heavy atom. The Hall–Kier alpha value is -0.610. The predicted octanol–water partition coefficient (Wildman–Crippen LogP) is 0.325. The Bertz CT molecular complexity index is 84.1. The molecule has 0 saturated heterocycles. The van der Waals surface area contributed by atoms with E-state index in [2.05, 4.69) is 4.74 Å². The van der Waals surface area contributed by atoms with Crippen molar-refractivity contribution in [1.82, 2.24) is 5.48 Å². The highest BCUT2D eigenvalue weighted by atomic mass is 16.6. The van der Waals surface area contributed by atoms with Gasteiger partial charge >= 0.3 is 0 Å². The van der Waals surface area contributed by atoms with E-state index in [0.717, 1.165) is 0 Å². The smallest absolute Gasteiger partial charge is 0.179 e. The maximum atomic E-state index is 8.11. The van der Waals surface area contributed by atoms with E-state index >= 15 is 0 Å². The zero-order chi connectivity index (χ0) is 6.57. The fraction of sp³-hybridized carbons (Fsp3) is 0.750. The van der Waals surface area contributed by atoms with Gasteiger partial charge in [-0.2, -0.15) is 5.48 Å². The molecule has 0 aliphatic rings. The summed E-state index contributed by atoms with van der Waals surface area (Å²) in [5.74, 6) is 0.0825. The predicted molar refractivity (Wildman–Crippen MR) is 28.9 cm³/mol. The van der Waals surface area contributed by atoms with Crippen molar-refractivity contribution in [3.05, 3.63) is 0 Å². The summed E-state index contributed by atoms with van der Waals surface area (Å²) < 4.78 is 4.62. The SMILES string of the molecule is CC(=N)OC(C)NO. The monoisotopic (exact) mass is 118 g/mol.